The third-order valence-corrected chi connectivity index (χ3v) is 6.53. The van der Waals surface area contributed by atoms with Gasteiger partial charge in [0.15, 0.2) is 5.75 Å². The molecule has 0 fully saturated rings. The second-order valence-electron chi connectivity index (χ2n) is 10.2. The Labute approximate surface area is 250 Å². The Kier molecular flexibility index (Phi) is 9.03. The fourth-order valence-electron chi connectivity index (χ4n) is 4.04. The van der Waals surface area contributed by atoms with Gasteiger partial charge in [0, 0.05) is 23.5 Å². The number of anilines is 1. The summed E-state index contributed by atoms with van der Waals surface area (Å²) < 4.78 is 10.9. The summed E-state index contributed by atoms with van der Waals surface area (Å²) >= 11 is 12.2. The van der Waals surface area contributed by atoms with Crippen molar-refractivity contribution in [2.75, 3.05) is 5.32 Å². The van der Waals surface area contributed by atoms with Crippen LogP contribution in [0.2, 0.25) is 10.0 Å². The number of hydrogen-bond acceptors (Lipinski definition) is 7. The first kappa shape index (κ1) is 30.4. The van der Waals surface area contributed by atoms with Crippen LogP contribution >= 0.6 is 23.2 Å². The zero-order chi connectivity index (χ0) is 30.6. The molecule has 0 aliphatic rings. The van der Waals surface area contributed by atoms with Gasteiger partial charge in [0.1, 0.15) is 16.7 Å². The number of ether oxygens (including phenoxy) is 2. The number of fused-ring (bicyclic) bond motifs is 1. The summed E-state index contributed by atoms with van der Waals surface area (Å²) in [5.74, 6) is -2.25. The van der Waals surface area contributed by atoms with Crippen molar-refractivity contribution < 1.29 is 28.8 Å². The van der Waals surface area contributed by atoms with Gasteiger partial charge >= 0.3 is 12.1 Å². The topological polar surface area (TPSA) is 153 Å². The number of carbonyl (C=O) groups excluding carboxylic acids is 3. The Morgan fingerprint density at radius 1 is 1.02 bits per heavy atom. The third kappa shape index (κ3) is 7.36. The Morgan fingerprint density at radius 2 is 1.71 bits per heavy atom. The molecular formula is C29H26Cl2N4O7. The standard InChI is InChI=1S/C29H26Cl2N4O7/c1-29(2,3)42-28(38)34-23(12-16-15-32-21-10-6-4-8-17(16)21)27(37)41-25-14-24(35(39)40)20(31)13-18(25)26(36)33-22-11-7-5-9-19(22)30/h4-11,13-15,23,32H,12H2,1-3H3,(H,33,36)(H,34,38). The first-order valence-electron chi connectivity index (χ1n) is 12.6. The van der Waals surface area contributed by atoms with Crippen molar-refractivity contribution in [1.29, 1.82) is 0 Å². The van der Waals surface area contributed by atoms with Crippen LogP contribution in [0.5, 0.6) is 5.75 Å². The zero-order valence-electron chi connectivity index (χ0n) is 22.7. The second kappa shape index (κ2) is 12.5. The van der Waals surface area contributed by atoms with Crippen molar-refractivity contribution >= 4 is 63.4 Å². The SMILES string of the molecule is CC(C)(C)OC(=O)NC(Cc1c[nH]c2ccccc12)C(=O)Oc1cc([N+](=O)[O-])c(Cl)cc1C(=O)Nc1ccccc1Cl. The van der Waals surface area contributed by atoms with Crippen molar-refractivity contribution in [1.82, 2.24) is 10.3 Å². The number of hydrogen-bond donors (Lipinski definition) is 3. The maximum absolute atomic E-state index is 13.6. The summed E-state index contributed by atoms with van der Waals surface area (Å²) in [6.45, 7) is 4.99. The largest absolute Gasteiger partial charge is 0.444 e. The minimum atomic E-state index is -1.31. The van der Waals surface area contributed by atoms with E-state index in [0.29, 0.717) is 5.56 Å². The number of nitro groups is 1. The minimum Gasteiger partial charge on any atom is -0.444 e. The molecule has 1 unspecified atom stereocenters. The number of amides is 2. The maximum Gasteiger partial charge on any atom is 0.408 e. The molecular weight excluding hydrogens is 587 g/mol. The lowest BCUT2D eigenvalue weighted by atomic mass is 10.0. The molecule has 1 atom stereocenters. The van der Waals surface area contributed by atoms with E-state index in [2.05, 4.69) is 15.6 Å². The van der Waals surface area contributed by atoms with Crippen molar-refractivity contribution in [2.45, 2.75) is 38.8 Å². The summed E-state index contributed by atoms with van der Waals surface area (Å²) in [4.78, 5) is 53.4. The maximum atomic E-state index is 13.6. The van der Waals surface area contributed by atoms with E-state index in [1.54, 1.807) is 51.2 Å². The highest BCUT2D eigenvalue weighted by molar-refractivity contribution is 6.34. The van der Waals surface area contributed by atoms with Crippen LogP contribution in [-0.2, 0) is 16.0 Å². The van der Waals surface area contributed by atoms with Crippen LogP contribution in [0.25, 0.3) is 10.9 Å². The predicted octanol–water partition coefficient (Wildman–Crippen LogP) is 6.68. The van der Waals surface area contributed by atoms with Gasteiger partial charge in [0.2, 0.25) is 0 Å². The lowest BCUT2D eigenvalue weighted by Crippen LogP contribution is -2.46. The molecule has 4 rings (SSSR count). The number of H-pyrrole nitrogens is 1. The van der Waals surface area contributed by atoms with Gasteiger partial charge in [-0.15, -0.1) is 0 Å². The number of nitro benzene ring substituents is 1. The van der Waals surface area contributed by atoms with Crippen LogP contribution in [0.15, 0.2) is 66.9 Å². The van der Waals surface area contributed by atoms with Gasteiger partial charge in [-0.05, 0) is 50.6 Å². The number of aromatic nitrogens is 1. The number of rotatable bonds is 8. The molecule has 0 aliphatic heterocycles. The quantitative estimate of drug-likeness (QED) is 0.0868. The first-order chi connectivity index (χ1) is 19.8. The van der Waals surface area contributed by atoms with Crippen LogP contribution in [0, 0.1) is 10.1 Å². The molecule has 2 amide bonds. The molecule has 3 N–H and O–H groups in total. The summed E-state index contributed by atoms with van der Waals surface area (Å²) in [5.41, 5.74) is 0.00922. The number of nitrogens with zero attached hydrogens (tertiary/aromatic N) is 1. The number of para-hydroxylation sites is 2. The zero-order valence-corrected chi connectivity index (χ0v) is 24.2. The number of esters is 1. The number of alkyl carbamates (subject to hydrolysis) is 1. The molecule has 218 valence electrons. The van der Waals surface area contributed by atoms with Crippen LogP contribution in [0.1, 0.15) is 36.7 Å². The molecule has 0 spiro atoms. The van der Waals surface area contributed by atoms with E-state index >= 15 is 0 Å². The molecule has 4 aromatic rings. The van der Waals surface area contributed by atoms with Gasteiger partial charge in [-0.3, -0.25) is 14.9 Å². The van der Waals surface area contributed by atoms with Gasteiger partial charge in [-0.25, -0.2) is 9.59 Å². The molecule has 0 radical (unpaired) electrons. The Balaban J connectivity index is 1.69. The molecule has 13 heteroatoms. The molecule has 11 nitrogen and oxygen atoms in total. The van der Waals surface area contributed by atoms with E-state index in [1.165, 1.54) is 0 Å². The van der Waals surface area contributed by atoms with Crippen LogP contribution in [0.4, 0.5) is 16.2 Å². The second-order valence-corrected chi connectivity index (χ2v) is 11.0. The van der Waals surface area contributed by atoms with Crippen LogP contribution in [-0.4, -0.2) is 39.5 Å². The van der Waals surface area contributed by atoms with E-state index < -0.39 is 46.0 Å². The minimum absolute atomic E-state index is 0.0288. The molecule has 0 aliphatic carbocycles. The lowest BCUT2D eigenvalue weighted by molar-refractivity contribution is -0.384. The number of carbonyl (C=O) groups is 3. The average molecular weight is 613 g/mol. The molecule has 0 bridgehead atoms. The van der Waals surface area contributed by atoms with Gasteiger partial charge < -0.3 is 25.1 Å². The highest BCUT2D eigenvalue weighted by atomic mass is 35.5. The Hall–Kier alpha value is -4.61. The molecule has 3 aromatic carbocycles. The number of benzene rings is 3. The predicted molar refractivity (Wildman–Crippen MR) is 158 cm³/mol. The molecule has 0 saturated carbocycles. The third-order valence-electron chi connectivity index (χ3n) is 5.90. The fraction of sp³-hybridized carbons (Fsp3) is 0.207. The number of aromatic amines is 1. The Morgan fingerprint density at radius 3 is 2.40 bits per heavy atom. The highest BCUT2D eigenvalue weighted by Gasteiger charge is 2.30. The van der Waals surface area contributed by atoms with Gasteiger partial charge in [0.25, 0.3) is 11.6 Å². The first-order valence-corrected chi connectivity index (χ1v) is 13.4. The van der Waals surface area contributed by atoms with Crippen molar-refractivity contribution in [2.24, 2.45) is 0 Å². The normalized spacial score (nSPS) is 11.9. The molecule has 42 heavy (non-hydrogen) atoms. The van der Waals surface area contributed by atoms with Gasteiger partial charge in [0.05, 0.1) is 27.3 Å². The molecule has 1 heterocycles. The van der Waals surface area contributed by atoms with E-state index in [4.69, 9.17) is 32.7 Å². The lowest BCUT2D eigenvalue weighted by Gasteiger charge is -2.23. The highest BCUT2D eigenvalue weighted by Crippen LogP contribution is 2.34. The van der Waals surface area contributed by atoms with Crippen molar-refractivity contribution in [3.8, 4) is 5.75 Å². The van der Waals surface area contributed by atoms with Gasteiger partial charge in [-0.2, -0.15) is 0 Å². The number of nitrogens with one attached hydrogen (secondary N) is 3. The number of halogens is 2. The monoisotopic (exact) mass is 612 g/mol. The summed E-state index contributed by atoms with van der Waals surface area (Å²) in [7, 11) is 0. The van der Waals surface area contributed by atoms with Crippen molar-refractivity contribution in [3.05, 3.63) is 98.1 Å². The molecule has 1 aromatic heterocycles. The summed E-state index contributed by atoms with van der Waals surface area (Å²) in [6, 6.07) is 14.3. The summed E-state index contributed by atoms with van der Waals surface area (Å²) in [6.07, 6.45) is 0.777. The van der Waals surface area contributed by atoms with Crippen LogP contribution in [0.3, 0.4) is 0 Å². The average Bonchev–Trinajstić information content (AvgIpc) is 3.31. The van der Waals surface area contributed by atoms with E-state index in [0.717, 1.165) is 23.0 Å². The Bertz CT molecular complexity index is 1680. The van der Waals surface area contributed by atoms with Crippen LogP contribution < -0.4 is 15.4 Å². The molecule has 0 saturated heterocycles. The van der Waals surface area contributed by atoms with Gasteiger partial charge in [-0.1, -0.05) is 53.5 Å². The van der Waals surface area contributed by atoms with E-state index in [-0.39, 0.29) is 27.7 Å². The van der Waals surface area contributed by atoms with Crippen molar-refractivity contribution in [3.63, 3.8) is 0 Å². The smallest absolute Gasteiger partial charge is 0.408 e. The van der Waals surface area contributed by atoms with E-state index in [9.17, 15) is 24.5 Å². The fourth-order valence-corrected chi connectivity index (χ4v) is 4.46. The summed E-state index contributed by atoms with van der Waals surface area (Å²) in [5, 5.41) is 17.4. The van der Waals surface area contributed by atoms with E-state index in [1.807, 2.05) is 24.3 Å².